The maximum atomic E-state index is 10.8. The minimum Gasteiger partial charge on any atom is -0.487 e. The van der Waals surface area contributed by atoms with Crippen molar-refractivity contribution < 1.29 is 9.66 Å². The van der Waals surface area contributed by atoms with E-state index in [2.05, 4.69) is 19.2 Å². The van der Waals surface area contributed by atoms with Gasteiger partial charge in [0.25, 0.3) is 0 Å². The zero-order valence-electron chi connectivity index (χ0n) is 10.4. The first-order valence-electron chi connectivity index (χ1n) is 5.76. The maximum Gasteiger partial charge on any atom is 0.311 e. The zero-order chi connectivity index (χ0) is 12.8. The van der Waals surface area contributed by atoms with Gasteiger partial charge in [-0.25, -0.2) is 0 Å². The van der Waals surface area contributed by atoms with Crippen LogP contribution in [0.5, 0.6) is 5.75 Å². The van der Waals surface area contributed by atoms with Gasteiger partial charge in [0.05, 0.1) is 11.5 Å². The summed E-state index contributed by atoms with van der Waals surface area (Å²) in [6, 6.07) is 5.17. The quantitative estimate of drug-likeness (QED) is 0.610. The molecule has 0 saturated carbocycles. The first kappa shape index (κ1) is 13.3. The summed E-state index contributed by atoms with van der Waals surface area (Å²) < 4.78 is 5.27. The molecule has 0 fully saturated rings. The lowest BCUT2D eigenvalue weighted by molar-refractivity contribution is -0.385. The second-order valence-electron chi connectivity index (χ2n) is 3.83. The lowest BCUT2D eigenvalue weighted by atomic mass is 10.2. The van der Waals surface area contributed by atoms with Crippen molar-refractivity contribution in [2.24, 2.45) is 0 Å². The third-order valence-electron chi connectivity index (χ3n) is 2.48. The second-order valence-corrected chi connectivity index (χ2v) is 3.83. The van der Waals surface area contributed by atoms with Crippen LogP contribution in [0.3, 0.4) is 0 Å². The Morgan fingerprint density at radius 3 is 2.71 bits per heavy atom. The van der Waals surface area contributed by atoms with Crippen molar-refractivity contribution in [1.82, 2.24) is 0 Å². The van der Waals surface area contributed by atoms with Crippen molar-refractivity contribution in [3.63, 3.8) is 0 Å². The van der Waals surface area contributed by atoms with Gasteiger partial charge in [0.1, 0.15) is 0 Å². The normalized spacial score (nSPS) is 11.9. The lowest BCUT2D eigenvalue weighted by Gasteiger charge is -2.14. The number of nitro benzene ring substituents is 1. The molecule has 5 nitrogen and oxygen atoms in total. The average molecular weight is 238 g/mol. The van der Waals surface area contributed by atoms with Crippen molar-refractivity contribution in [2.75, 3.05) is 11.9 Å². The van der Waals surface area contributed by atoms with Gasteiger partial charge < -0.3 is 10.1 Å². The van der Waals surface area contributed by atoms with Gasteiger partial charge in [0.15, 0.2) is 5.75 Å². The Balaban J connectivity index is 2.96. The van der Waals surface area contributed by atoms with Gasteiger partial charge in [-0.2, -0.15) is 0 Å². The largest absolute Gasteiger partial charge is 0.487 e. The summed E-state index contributed by atoms with van der Waals surface area (Å²) in [4.78, 5) is 10.4. The zero-order valence-corrected chi connectivity index (χ0v) is 10.4. The minimum atomic E-state index is -0.433. The van der Waals surface area contributed by atoms with Crippen LogP contribution in [0, 0.1) is 10.1 Å². The molecule has 1 aromatic rings. The molecule has 1 atom stereocenters. The van der Waals surface area contributed by atoms with E-state index in [0.29, 0.717) is 18.4 Å². The molecule has 0 aliphatic heterocycles. The van der Waals surface area contributed by atoms with Crippen LogP contribution in [0.4, 0.5) is 11.4 Å². The van der Waals surface area contributed by atoms with Crippen molar-refractivity contribution in [2.45, 2.75) is 33.2 Å². The SMILES string of the molecule is CCOc1cc(NC(C)CC)ccc1[N+](=O)[O-]. The topological polar surface area (TPSA) is 64.4 Å². The van der Waals surface area contributed by atoms with Gasteiger partial charge in [0, 0.05) is 23.9 Å². The van der Waals surface area contributed by atoms with Gasteiger partial charge >= 0.3 is 5.69 Å². The number of nitro groups is 1. The molecule has 0 radical (unpaired) electrons. The van der Waals surface area contributed by atoms with Crippen molar-refractivity contribution in [1.29, 1.82) is 0 Å². The number of hydrogen-bond acceptors (Lipinski definition) is 4. The molecule has 1 aromatic carbocycles. The number of rotatable bonds is 6. The van der Waals surface area contributed by atoms with E-state index in [4.69, 9.17) is 4.74 Å². The van der Waals surface area contributed by atoms with Crippen molar-refractivity contribution >= 4 is 11.4 Å². The molecule has 1 N–H and O–H groups in total. The number of benzene rings is 1. The average Bonchev–Trinajstić information content (AvgIpc) is 2.29. The molecular weight excluding hydrogens is 220 g/mol. The summed E-state index contributed by atoms with van der Waals surface area (Å²) in [6.07, 6.45) is 0.987. The third kappa shape index (κ3) is 3.62. The van der Waals surface area contributed by atoms with Crippen LogP contribution in [0.25, 0.3) is 0 Å². The van der Waals surface area contributed by atoms with Gasteiger partial charge in [-0.3, -0.25) is 10.1 Å². The summed E-state index contributed by atoms with van der Waals surface area (Å²) in [5.41, 5.74) is 0.843. The lowest BCUT2D eigenvalue weighted by Crippen LogP contribution is -2.13. The Hall–Kier alpha value is -1.78. The summed E-state index contributed by atoms with van der Waals surface area (Å²) in [5, 5.41) is 14.0. The van der Waals surface area contributed by atoms with Crippen LogP contribution in [-0.2, 0) is 0 Å². The highest BCUT2D eigenvalue weighted by atomic mass is 16.6. The van der Waals surface area contributed by atoms with Crippen LogP contribution in [0.15, 0.2) is 18.2 Å². The molecule has 94 valence electrons. The molecule has 0 aliphatic carbocycles. The fourth-order valence-electron chi connectivity index (χ4n) is 1.41. The second kappa shape index (κ2) is 6.08. The molecule has 0 amide bonds. The van der Waals surface area contributed by atoms with Crippen molar-refractivity contribution in [3.8, 4) is 5.75 Å². The minimum absolute atomic E-state index is 0.00144. The van der Waals surface area contributed by atoms with Crippen LogP contribution in [-0.4, -0.2) is 17.6 Å². The standard InChI is InChI=1S/C12H18N2O3/c1-4-9(3)13-10-6-7-11(14(15)16)12(8-10)17-5-2/h6-9,13H,4-5H2,1-3H3. The maximum absolute atomic E-state index is 10.8. The number of ether oxygens (including phenoxy) is 1. The summed E-state index contributed by atoms with van der Waals surface area (Å²) in [5.74, 6) is 0.311. The van der Waals surface area contributed by atoms with Crippen LogP contribution < -0.4 is 10.1 Å². The molecule has 5 heteroatoms. The fraction of sp³-hybridized carbons (Fsp3) is 0.500. The van der Waals surface area contributed by atoms with E-state index in [1.165, 1.54) is 6.07 Å². The highest BCUT2D eigenvalue weighted by Crippen LogP contribution is 2.30. The van der Waals surface area contributed by atoms with E-state index in [0.717, 1.165) is 12.1 Å². The molecule has 0 aliphatic rings. The van der Waals surface area contributed by atoms with E-state index < -0.39 is 4.92 Å². The Morgan fingerprint density at radius 2 is 2.18 bits per heavy atom. The monoisotopic (exact) mass is 238 g/mol. The first-order chi connectivity index (χ1) is 8.08. The summed E-state index contributed by atoms with van der Waals surface area (Å²) >= 11 is 0. The van der Waals surface area contributed by atoms with Gasteiger partial charge in [0.2, 0.25) is 0 Å². The van der Waals surface area contributed by atoms with E-state index in [-0.39, 0.29) is 5.69 Å². The Morgan fingerprint density at radius 1 is 1.47 bits per heavy atom. The predicted molar refractivity (Wildman–Crippen MR) is 67.6 cm³/mol. The van der Waals surface area contributed by atoms with Crippen molar-refractivity contribution in [3.05, 3.63) is 28.3 Å². The molecule has 0 spiro atoms. The Kier molecular flexibility index (Phi) is 4.75. The predicted octanol–water partition coefficient (Wildman–Crippen LogP) is 3.20. The third-order valence-corrected chi connectivity index (χ3v) is 2.48. The van der Waals surface area contributed by atoms with Crippen LogP contribution in [0.1, 0.15) is 27.2 Å². The van der Waals surface area contributed by atoms with Crippen LogP contribution in [0.2, 0.25) is 0 Å². The Labute approximate surface area is 101 Å². The summed E-state index contributed by atoms with van der Waals surface area (Å²) in [7, 11) is 0. The number of nitrogens with zero attached hydrogens (tertiary/aromatic N) is 1. The van der Waals surface area contributed by atoms with Gasteiger partial charge in [-0.05, 0) is 26.3 Å². The molecule has 17 heavy (non-hydrogen) atoms. The molecule has 0 heterocycles. The van der Waals surface area contributed by atoms with E-state index in [1.807, 2.05) is 0 Å². The van der Waals surface area contributed by atoms with E-state index in [1.54, 1.807) is 19.1 Å². The first-order valence-corrected chi connectivity index (χ1v) is 5.76. The molecule has 0 bridgehead atoms. The summed E-state index contributed by atoms with van der Waals surface area (Å²) in [6.45, 7) is 6.35. The number of hydrogen-bond donors (Lipinski definition) is 1. The van der Waals surface area contributed by atoms with E-state index >= 15 is 0 Å². The molecule has 0 aromatic heterocycles. The fourth-order valence-corrected chi connectivity index (χ4v) is 1.41. The molecular formula is C12H18N2O3. The highest BCUT2D eigenvalue weighted by molar-refractivity contribution is 5.58. The Bertz CT molecular complexity index is 393. The molecule has 1 rings (SSSR count). The molecule has 1 unspecified atom stereocenters. The number of nitrogens with one attached hydrogen (secondary N) is 1. The molecule has 0 saturated heterocycles. The highest BCUT2D eigenvalue weighted by Gasteiger charge is 2.15. The van der Waals surface area contributed by atoms with E-state index in [9.17, 15) is 10.1 Å². The van der Waals surface area contributed by atoms with Crippen LogP contribution >= 0.6 is 0 Å². The smallest absolute Gasteiger partial charge is 0.311 e. The number of anilines is 1. The van der Waals surface area contributed by atoms with Gasteiger partial charge in [-0.15, -0.1) is 0 Å². The van der Waals surface area contributed by atoms with Gasteiger partial charge in [-0.1, -0.05) is 6.92 Å².